The van der Waals surface area contributed by atoms with Crippen LogP contribution in [0, 0.1) is 0 Å². The molecular formula is C15H18N8O5. The number of anilines is 1. The number of hydrogen-bond donors (Lipinski definition) is 2. The molecule has 3 N–H and O–H groups in total. The van der Waals surface area contributed by atoms with Crippen LogP contribution < -0.4 is 11.4 Å². The fourth-order valence-electron chi connectivity index (χ4n) is 2.87. The number of nitrogen functional groups attached to an aromatic ring is 1. The van der Waals surface area contributed by atoms with Crippen LogP contribution in [-0.4, -0.2) is 51.4 Å². The average molecular weight is 390 g/mol. The summed E-state index contributed by atoms with van der Waals surface area (Å²) in [5, 5.41) is 3.39. The van der Waals surface area contributed by atoms with Gasteiger partial charge in [-0.25, -0.2) is 14.6 Å². The van der Waals surface area contributed by atoms with Gasteiger partial charge >= 0.3 is 11.7 Å². The molecule has 1 unspecified atom stereocenters. The lowest BCUT2D eigenvalue weighted by atomic mass is 10.2. The van der Waals surface area contributed by atoms with Crippen LogP contribution in [-0.2, 0) is 20.8 Å². The minimum absolute atomic E-state index is 0.0818. The molecule has 148 valence electrons. The van der Waals surface area contributed by atoms with Crippen LogP contribution in [0.15, 0.2) is 28.5 Å². The first kappa shape index (κ1) is 19.4. The van der Waals surface area contributed by atoms with Crippen molar-refractivity contribution in [1.29, 1.82) is 0 Å². The Morgan fingerprint density at radius 1 is 1.61 bits per heavy atom. The second-order valence-corrected chi connectivity index (χ2v) is 5.92. The molecule has 0 radical (unpaired) electrons. The van der Waals surface area contributed by atoms with Crippen LogP contribution in [0.4, 0.5) is 5.82 Å². The zero-order valence-corrected chi connectivity index (χ0v) is 14.9. The first-order valence-corrected chi connectivity index (χ1v) is 8.26. The lowest BCUT2D eigenvalue weighted by Gasteiger charge is -2.17. The van der Waals surface area contributed by atoms with Gasteiger partial charge in [0.2, 0.25) is 0 Å². The van der Waals surface area contributed by atoms with Gasteiger partial charge in [-0.2, -0.15) is 4.98 Å². The van der Waals surface area contributed by atoms with Gasteiger partial charge in [0.25, 0.3) is 0 Å². The number of azide groups is 1. The van der Waals surface area contributed by atoms with Crippen LogP contribution in [0.2, 0.25) is 0 Å². The zero-order chi connectivity index (χ0) is 20.1. The highest BCUT2D eigenvalue weighted by molar-refractivity contribution is 5.88. The van der Waals surface area contributed by atoms with Gasteiger partial charge in [-0.3, -0.25) is 4.57 Å². The number of nitrogens with zero attached hydrogens (tertiary/aromatic N) is 6. The predicted octanol–water partition coefficient (Wildman–Crippen LogP) is 0.518. The molecular weight excluding hydrogens is 372 g/mol. The molecule has 1 saturated heterocycles. The number of ether oxygens (including phenoxy) is 3. The molecule has 0 bridgehead atoms. The SMILES string of the molecule is COC[C@H]1O[C@@H](n2ccc(N)nc2=O)CC1OC(=O)c1[nH]cnc1CN=[N+]=[N-]. The molecule has 0 saturated carbocycles. The lowest BCUT2D eigenvalue weighted by Crippen LogP contribution is -2.31. The van der Waals surface area contributed by atoms with E-state index in [1.54, 1.807) is 0 Å². The van der Waals surface area contributed by atoms with E-state index >= 15 is 0 Å². The summed E-state index contributed by atoms with van der Waals surface area (Å²) in [7, 11) is 1.49. The van der Waals surface area contributed by atoms with Crippen LogP contribution in [0.25, 0.3) is 10.4 Å². The molecule has 2 aromatic rings. The molecule has 0 aromatic carbocycles. The summed E-state index contributed by atoms with van der Waals surface area (Å²) in [5.74, 6) is -0.582. The van der Waals surface area contributed by atoms with Crippen molar-refractivity contribution < 1.29 is 19.0 Å². The third-order valence-electron chi connectivity index (χ3n) is 4.14. The Bertz CT molecular complexity index is 950. The molecule has 1 aliphatic rings. The van der Waals surface area contributed by atoms with Gasteiger partial charge in [0.15, 0.2) is 0 Å². The maximum atomic E-state index is 12.5. The number of aromatic nitrogens is 4. The first-order valence-electron chi connectivity index (χ1n) is 8.26. The summed E-state index contributed by atoms with van der Waals surface area (Å²) in [6.07, 6.45) is 1.02. The first-order chi connectivity index (χ1) is 13.5. The predicted molar refractivity (Wildman–Crippen MR) is 94.0 cm³/mol. The maximum absolute atomic E-state index is 12.5. The van der Waals surface area contributed by atoms with Crippen molar-refractivity contribution in [3.05, 3.63) is 50.9 Å². The fourth-order valence-corrected chi connectivity index (χ4v) is 2.87. The summed E-state index contributed by atoms with van der Waals surface area (Å²) in [5.41, 5.74) is 13.7. The second-order valence-electron chi connectivity index (χ2n) is 5.92. The Kier molecular flexibility index (Phi) is 5.89. The largest absolute Gasteiger partial charge is 0.455 e. The van der Waals surface area contributed by atoms with Gasteiger partial charge in [0, 0.05) is 24.6 Å². The van der Waals surface area contributed by atoms with E-state index in [0.717, 1.165) is 0 Å². The van der Waals surface area contributed by atoms with Crippen molar-refractivity contribution in [3.63, 3.8) is 0 Å². The summed E-state index contributed by atoms with van der Waals surface area (Å²) >= 11 is 0. The topological polar surface area (TPSA) is 183 Å². The molecule has 13 nitrogen and oxygen atoms in total. The molecule has 0 aliphatic carbocycles. The summed E-state index contributed by atoms with van der Waals surface area (Å²) in [6, 6.07) is 1.47. The average Bonchev–Trinajstić information content (AvgIpc) is 3.27. The highest BCUT2D eigenvalue weighted by Gasteiger charge is 2.40. The maximum Gasteiger partial charge on any atom is 0.357 e. The van der Waals surface area contributed by atoms with E-state index in [2.05, 4.69) is 25.0 Å². The molecule has 13 heteroatoms. The minimum atomic E-state index is -0.692. The van der Waals surface area contributed by atoms with Crippen molar-refractivity contribution in [3.8, 4) is 0 Å². The summed E-state index contributed by atoms with van der Waals surface area (Å²) in [4.78, 5) is 37.5. The van der Waals surface area contributed by atoms with Crippen LogP contribution in [0.3, 0.4) is 0 Å². The smallest absolute Gasteiger partial charge is 0.357 e. The normalized spacial score (nSPS) is 21.2. The van der Waals surface area contributed by atoms with E-state index in [9.17, 15) is 9.59 Å². The van der Waals surface area contributed by atoms with E-state index < -0.39 is 30.1 Å². The van der Waals surface area contributed by atoms with Crippen LogP contribution in [0.5, 0.6) is 0 Å². The quantitative estimate of drug-likeness (QED) is 0.296. The number of carbonyl (C=O) groups excluding carboxylic acids is 1. The van der Waals surface area contributed by atoms with E-state index in [1.807, 2.05) is 0 Å². The number of hydrogen-bond acceptors (Lipinski definition) is 9. The Labute approximate surface area is 158 Å². The molecule has 3 rings (SSSR count). The number of H-pyrrole nitrogens is 1. The fraction of sp³-hybridized carbons (Fsp3) is 0.467. The van der Waals surface area contributed by atoms with Crippen molar-refractivity contribution in [2.75, 3.05) is 19.5 Å². The van der Waals surface area contributed by atoms with E-state index in [0.29, 0.717) is 0 Å². The minimum Gasteiger partial charge on any atom is -0.455 e. The Hall–Kier alpha value is -3.41. The van der Waals surface area contributed by atoms with Crippen LogP contribution in [0.1, 0.15) is 28.8 Å². The number of esters is 1. The Morgan fingerprint density at radius 3 is 3.14 bits per heavy atom. The second kappa shape index (κ2) is 8.52. The highest BCUT2D eigenvalue weighted by atomic mass is 16.6. The molecule has 0 spiro atoms. The van der Waals surface area contributed by atoms with Crippen molar-refractivity contribution >= 4 is 11.8 Å². The van der Waals surface area contributed by atoms with Crippen molar-refractivity contribution in [2.45, 2.75) is 31.4 Å². The van der Waals surface area contributed by atoms with E-state index in [4.69, 9.17) is 25.5 Å². The number of rotatable bonds is 7. The van der Waals surface area contributed by atoms with Gasteiger partial charge in [-0.05, 0) is 11.6 Å². The standard InChI is InChI=1S/C15H18N8O5/c1-26-6-10-9(4-12(27-10)23-3-2-11(16)21-15(23)25)28-14(24)13-8(5-20-22-17)18-7-19-13/h2-3,7,9-10,12H,4-6H2,1H3,(H,18,19)(H2,16,21,25)/t9?,10-,12-/m1/s1. The summed E-state index contributed by atoms with van der Waals surface area (Å²) in [6.45, 7) is 0.0579. The van der Waals surface area contributed by atoms with Gasteiger partial charge in [-0.1, -0.05) is 5.11 Å². The van der Waals surface area contributed by atoms with Crippen LogP contribution >= 0.6 is 0 Å². The molecule has 0 amide bonds. The molecule has 3 heterocycles. The molecule has 3 atom stereocenters. The number of carbonyl (C=O) groups is 1. The van der Waals surface area contributed by atoms with Gasteiger partial charge in [0.05, 0.1) is 25.2 Å². The monoisotopic (exact) mass is 390 g/mol. The third kappa shape index (κ3) is 4.11. The number of aromatic amines is 1. The van der Waals surface area contributed by atoms with E-state index in [-0.39, 0.29) is 36.8 Å². The van der Waals surface area contributed by atoms with E-state index in [1.165, 1.54) is 30.3 Å². The van der Waals surface area contributed by atoms with Gasteiger partial charge in [-0.15, -0.1) is 0 Å². The molecule has 1 aliphatic heterocycles. The number of methoxy groups -OCH3 is 1. The van der Waals surface area contributed by atoms with Gasteiger partial charge < -0.3 is 24.9 Å². The number of imidazole rings is 1. The molecule has 2 aromatic heterocycles. The van der Waals surface area contributed by atoms with Crippen molar-refractivity contribution in [2.24, 2.45) is 5.11 Å². The zero-order valence-electron chi connectivity index (χ0n) is 14.9. The summed E-state index contributed by atoms with van der Waals surface area (Å²) < 4.78 is 17.8. The molecule has 28 heavy (non-hydrogen) atoms. The third-order valence-corrected chi connectivity index (χ3v) is 4.14. The number of nitrogens with two attached hydrogens (primary N) is 1. The Balaban J connectivity index is 1.76. The highest BCUT2D eigenvalue weighted by Crippen LogP contribution is 2.30. The van der Waals surface area contributed by atoms with Gasteiger partial charge in [0.1, 0.15) is 29.9 Å². The Morgan fingerprint density at radius 2 is 2.43 bits per heavy atom. The number of nitrogens with one attached hydrogen (secondary N) is 1. The van der Waals surface area contributed by atoms with Crippen molar-refractivity contribution in [1.82, 2.24) is 19.5 Å². The molecule has 1 fully saturated rings. The lowest BCUT2D eigenvalue weighted by molar-refractivity contribution is -0.0601.